The van der Waals surface area contributed by atoms with Gasteiger partial charge in [0, 0.05) is 5.02 Å². The van der Waals surface area contributed by atoms with Crippen molar-refractivity contribution in [2.45, 2.75) is 12.6 Å². The summed E-state index contributed by atoms with van der Waals surface area (Å²) in [5.74, 6) is -0.545. The summed E-state index contributed by atoms with van der Waals surface area (Å²) in [5, 5.41) is 5.96. The topological polar surface area (TPSA) is 85.2 Å². The number of allylic oxidation sites excluding steroid dienone is 1. The first-order valence-corrected chi connectivity index (χ1v) is 8.99. The van der Waals surface area contributed by atoms with Gasteiger partial charge in [-0.1, -0.05) is 41.9 Å². The van der Waals surface area contributed by atoms with Crippen LogP contribution in [-0.4, -0.2) is 28.7 Å². The lowest BCUT2D eigenvalue weighted by Gasteiger charge is -2.29. The fourth-order valence-corrected chi connectivity index (χ4v) is 3.59. The van der Waals surface area contributed by atoms with Crippen LogP contribution in [-0.2, 0) is 16.1 Å². The number of carbonyl (C=O) groups is 2. The van der Waals surface area contributed by atoms with Gasteiger partial charge in [-0.15, -0.1) is 0 Å². The van der Waals surface area contributed by atoms with E-state index < -0.39 is 18.0 Å². The zero-order valence-corrected chi connectivity index (χ0v) is 15.7. The normalized spacial score (nSPS) is 16.6. The third-order valence-corrected chi connectivity index (χ3v) is 4.98. The molecule has 2 aromatic carbocycles. The van der Waals surface area contributed by atoms with E-state index >= 15 is 0 Å². The lowest BCUT2D eigenvalue weighted by molar-refractivity contribution is -0.136. The van der Waals surface area contributed by atoms with Gasteiger partial charge in [0.2, 0.25) is 0 Å². The van der Waals surface area contributed by atoms with E-state index in [9.17, 15) is 9.59 Å². The predicted octanol–water partition coefficient (Wildman–Crippen LogP) is 3.17. The van der Waals surface area contributed by atoms with E-state index in [-0.39, 0.29) is 6.54 Å². The zero-order valence-electron chi connectivity index (χ0n) is 15.0. The molecule has 0 saturated carbocycles. The molecule has 0 fully saturated rings. The molecule has 142 valence electrons. The minimum atomic E-state index is -0.723. The average molecular weight is 397 g/mol. The Morgan fingerprint density at radius 2 is 1.96 bits per heavy atom. The van der Waals surface area contributed by atoms with E-state index in [1.54, 1.807) is 30.6 Å². The van der Waals surface area contributed by atoms with Gasteiger partial charge in [-0.2, -0.15) is 0 Å². The second-order valence-electron chi connectivity index (χ2n) is 6.30. The van der Waals surface area contributed by atoms with E-state index in [4.69, 9.17) is 16.3 Å². The molecule has 4 rings (SSSR count). The number of imidazole rings is 1. The third-order valence-electron chi connectivity index (χ3n) is 4.63. The SMILES string of the molecule is COC(=O)C1=C(Cn2cnc3ccccc32)NC(=O)N[C@H]1c1ccccc1Cl. The van der Waals surface area contributed by atoms with Crippen molar-refractivity contribution < 1.29 is 14.3 Å². The summed E-state index contributed by atoms with van der Waals surface area (Å²) in [7, 11) is 1.31. The number of urea groups is 1. The Morgan fingerprint density at radius 3 is 2.75 bits per heavy atom. The van der Waals surface area contributed by atoms with Gasteiger partial charge in [0.25, 0.3) is 0 Å². The quantitative estimate of drug-likeness (QED) is 0.663. The number of fused-ring (bicyclic) bond motifs is 1. The predicted molar refractivity (Wildman–Crippen MR) is 105 cm³/mol. The Labute approximate surface area is 166 Å². The smallest absolute Gasteiger partial charge is 0.338 e. The number of nitrogens with one attached hydrogen (secondary N) is 2. The van der Waals surface area contributed by atoms with Crippen molar-refractivity contribution in [3.63, 3.8) is 0 Å². The Kier molecular flexibility index (Phi) is 4.75. The molecule has 1 aromatic heterocycles. The number of ether oxygens (including phenoxy) is 1. The van der Waals surface area contributed by atoms with E-state index in [1.165, 1.54) is 7.11 Å². The maximum atomic E-state index is 12.6. The van der Waals surface area contributed by atoms with Gasteiger partial charge >= 0.3 is 12.0 Å². The number of carbonyl (C=O) groups excluding carboxylic acids is 2. The summed E-state index contributed by atoms with van der Waals surface area (Å²) in [5.41, 5.74) is 3.07. The lowest BCUT2D eigenvalue weighted by Crippen LogP contribution is -2.46. The average Bonchev–Trinajstić information content (AvgIpc) is 3.10. The number of benzene rings is 2. The fourth-order valence-electron chi connectivity index (χ4n) is 3.34. The molecule has 0 saturated heterocycles. The van der Waals surface area contributed by atoms with Gasteiger partial charge in [0.05, 0.1) is 48.3 Å². The van der Waals surface area contributed by atoms with Crippen molar-refractivity contribution in [2.75, 3.05) is 7.11 Å². The third kappa shape index (κ3) is 3.20. The minimum Gasteiger partial charge on any atom is -0.466 e. The van der Waals surface area contributed by atoms with Gasteiger partial charge in [-0.25, -0.2) is 14.6 Å². The summed E-state index contributed by atoms with van der Waals surface area (Å²) in [6.45, 7) is 0.249. The lowest BCUT2D eigenvalue weighted by atomic mass is 9.95. The number of halogens is 1. The van der Waals surface area contributed by atoms with Gasteiger partial charge in [-0.05, 0) is 23.8 Å². The molecule has 0 spiro atoms. The fraction of sp³-hybridized carbons (Fsp3) is 0.150. The highest BCUT2D eigenvalue weighted by atomic mass is 35.5. The number of rotatable bonds is 4. The molecule has 8 heteroatoms. The molecule has 2 heterocycles. The van der Waals surface area contributed by atoms with Gasteiger partial charge in [0.15, 0.2) is 0 Å². The van der Waals surface area contributed by atoms with Crippen molar-refractivity contribution in [1.82, 2.24) is 20.2 Å². The molecular weight excluding hydrogens is 380 g/mol. The van der Waals surface area contributed by atoms with Gasteiger partial charge in [-0.3, -0.25) is 0 Å². The highest BCUT2D eigenvalue weighted by Gasteiger charge is 2.34. The van der Waals surface area contributed by atoms with E-state index in [0.29, 0.717) is 21.9 Å². The van der Waals surface area contributed by atoms with Crippen molar-refractivity contribution in [3.05, 3.63) is 76.7 Å². The number of hydrogen-bond acceptors (Lipinski definition) is 4. The highest BCUT2D eigenvalue weighted by Crippen LogP contribution is 2.32. The van der Waals surface area contributed by atoms with Crippen LogP contribution in [0.25, 0.3) is 11.0 Å². The number of aromatic nitrogens is 2. The maximum absolute atomic E-state index is 12.6. The molecule has 1 atom stereocenters. The van der Waals surface area contributed by atoms with Crippen LogP contribution in [0.5, 0.6) is 0 Å². The number of hydrogen-bond donors (Lipinski definition) is 2. The summed E-state index contributed by atoms with van der Waals surface area (Å²) in [6, 6.07) is 13.6. The molecule has 0 radical (unpaired) electrons. The molecule has 2 amide bonds. The Balaban J connectivity index is 1.84. The van der Waals surface area contributed by atoms with Crippen LogP contribution in [0.3, 0.4) is 0 Å². The molecule has 0 bridgehead atoms. The molecule has 2 N–H and O–H groups in total. The molecule has 1 aliphatic heterocycles. The van der Waals surface area contributed by atoms with E-state index in [2.05, 4.69) is 15.6 Å². The molecule has 0 aliphatic carbocycles. The molecular formula is C20H17ClN4O3. The van der Waals surface area contributed by atoms with Crippen LogP contribution in [0, 0.1) is 0 Å². The van der Waals surface area contributed by atoms with Crippen molar-refractivity contribution in [1.29, 1.82) is 0 Å². The summed E-state index contributed by atoms with van der Waals surface area (Å²) in [6.07, 6.45) is 1.67. The summed E-state index contributed by atoms with van der Waals surface area (Å²) < 4.78 is 6.86. The number of amides is 2. The number of nitrogens with zero attached hydrogens (tertiary/aromatic N) is 2. The first-order chi connectivity index (χ1) is 13.6. The first kappa shape index (κ1) is 18.1. The van der Waals surface area contributed by atoms with Crippen LogP contribution < -0.4 is 10.6 Å². The Bertz CT molecular complexity index is 1110. The number of para-hydroxylation sites is 2. The van der Waals surface area contributed by atoms with Gasteiger partial charge < -0.3 is 19.9 Å². The summed E-state index contributed by atoms with van der Waals surface area (Å²) in [4.78, 5) is 29.3. The zero-order chi connectivity index (χ0) is 19.7. The van der Waals surface area contributed by atoms with Crippen LogP contribution in [0.1, 0.15) is 11.6 Å². The van der Waals surface area contributed by atoms with Crippen LogP contribution in [0.15, 0.2) is 66.1 Å². The van der Waals surface area contributed by atoms with Crippen LogP contribution in [0.2, 0.25) is 5.02 Å². The Morgan fingerprint density at radius 1 is 1.21 bits per heavy atom. The van der Waals surface area contributed by atoms with Gasteiger partial charge in [0.1, 0.15) is 0 Å². The van der Waals surface area contributed by atoms with Crippen LogP contribution >= 0.6 is 11.6 Å². The first-order valence-electron chi connectivity index (χ1n) is 8.61. The molecule has 28 heavy (non-hydrogen) atoms. The largest absolute Gasteiger partial charge is 0.466 e. The molecule has 0 unspecified atom stereocenters. The monoisotopic (exact) mass is 396 g/mol. The molecule has 3 aromatic rings. The van der Waals surface area contributed by atoms with Crippen molar-refractivity contribution in [2.24, 2.45) is 0 Å². The molecule has 7 nitrogen and oxygen atoms in total. The Hall–Kier alpha value is -3.32. The minimum absolute atomic E-state index is 0.249. The van der Waals surface area contributed by atoms with E-state index in [1.807, 2.05) is 28.8 Å². The number of methoxy groups -OCH3 is 1. The van der Waals surface area contributed by atoms with Crippen molar-refractivity contribution in [3.8, 4) is 0 Å². The van der Waals surface area contributed by atoms with E-state index in [0.717, 1.165) is 11.0 Å². The highest BCUT2D eigenvalue weighted by molar-refractivity contribution is 6.31. The summed E-state index contributed by atoms with van der Waals surface area (Å²) >= 11 is 6.33. The van der Waals surface area contributed by atoms with Crippen LogP contribution in [0.4, 0.5) is 4.79 Å². The molecule has 1 aliphatic rings. The number of esters is 1. The maximum Gasteiger partial charge on any atom is 0.338 e. The second kappa shape index (κ2) is 7.36. The second-order valence-corrected chi connectivity index (χ2v) is 6.71. The standard InChI is InChI=1S/C20H17ClN4O3/c1-28-19(26)17-15(10-25-11-22-14-8-4-5-9-16(14)25)23-20(27)24-18(17)12-6-2-3-7-13(12)21/h2-9,11,18H,10H2,1H3,(H2,23,24,27)/t18-/m0/s1. The van der Waals surface area contributed by atoms with Crippen molar-refractivity contribution >= 4 is 34.6 Å².